The lowest BCUT2D eigenvalue weighted by molar-refractivity contribution is 0.659. The van der Waals surface area contributed by atoms with Crippen LogP contribution in [0.25, 0.3) is 172 Å². The van der Waals surface area contributed by atoms with Crippen LogP contribution < -0.4 is 0 Å². The van der Waals surface area contributed by atoms with Gasteiger partial charge in [0, 0.05) is 88.3 Å². The number of nitrogens with zero attached hydrogens (tertiary/aromatic N) is 5. The first-order valence-electron chi connectivity index (χ1n) is 34.2. The Hall–Kier alpha value is -11.9. The van der Waals surface area contributed by atoms with E-state index in [-0.39, 0.29) is 10.8 Å². The lowest BCUT2D eigenvalue weighted by atomic mass is 9.82. The quantitative estimate of drug-likeness (QED) is 0.160. The minimum absolute atomic E-state index is 0.0869. The van der Waals surface area contributed by atoms with E-state index >= 15 is 0 Å². The molecule has 0 saturated carbocycles. The molecule has 0 atom stereocenters. The monoisotopic (exact) mass is 1240 g/mol. The van der Waals surface area contributed by atoms with E-state index < -0.39 is 0 Å². The molecule has 21 rings (SSSR count). The van der Waals surface area contributed by atoms with Gasteiger partial charge in [-0.05, 0) is 187 Å². The standard InChI is InChI=1S/C92H63N5/c1-91(2)76-28-12-8-22-64(76)66-42-40-62(52-78(66)91)96-81-31-15-11-25-69(81)73-49-58(35-45-83(73)96)60-37-47-85-75(51-60)74-50-59(36-46-84(74)97(85)63-41-43-67-65-23-9-13-29-77(65)92(3,4)79(67)53-63)57-34-44-82-72(48-57)68-24-10-14-30-80(68)95(82)61-38-32-55(33-39-61)88-87-70-26-16-20-54-21-17-27-71(86(54)70)89(87)94-90(93-88)56-18-6-5-7-19-56/h5-34,36-44,46-53H,35,45H2,1-4H3. The van der Waals surface area contributed by atoms with Gasteiger partial charge >= 0.3 is 0 Å². The molecule has 4 heterocycles. The van der Waals surface area contributed by atoms with Crippen molar-refractivity contribution in [3.05, 3.63) is 318 Å². The summed E-state index contributed by atoms with van der Waals surface area (Å²) < 4.78 is 7.51. The second kappa shape index (κ2) is 19.8. The van der Waals surface area contributed by atoms with Crippen LogP contribution in [0.5, 0.6) is 0 Å². The van der Waals surface area contributed by atoms with Crippen molar-refractivity contribution in [1.82, 2.24) is 23.7 Å². The molecule has 0 saturated heterocycles. The third kappa shape index (κ3) is 7.65. The number of fused-ring (bicyclic) bond motifs is 18. The van der Waals surface area contributed by atoms with Crippen molar-refractivity contribution in [2.45, 2.75) is 51.4 Å². The van der Waals surface area contributed by atoms with Gasteiger partial charge in [-0.15, -0.1) is 0 Å². The average molecular weight is 1240 g/mol. The van der Waals surface area contributed by atoms with Crippen LogP contribution in [0, 0.1) is 0 Å². The number of hydrogen-bond donors (Lipinski definition) is 0. The van der Waals surface area contributed by atoms with Crippen molar-refractivity contribution >= 4 is 76.9 Å². The van der Waals surface area contributed by atoms with Crippen molar-refractivity contribution in [2.24, 2.45) is 0 Å². The van der Waals surface area contributed by atoms with Gasteiger partial charge in [0.25, 0.3) is 0 Å². The average Bonchev–Trinajstić information content (AvgIpc) is 1.59. The highest BCUT2D eigenvalue weighted by molar-refractivity contribution is 6.18. The van der Waals surface area contributed by atoms with Crippen molar-refractivity contribution in [3.8, 4) is 95.5 Å². The summed E-state index contributed by atoms with van der Waals surface area (Å²) >= 11 is 0. The van der Waals surface area contributed by atoms with Gasteiger partial charge < -0.3 is 13.7 Å². The molecule has 4 aromatic heterocycles. The zero-order valence-corrected chi connectivity index (χ0v) is 54.3. The van der Waals surface area contributed by atoms with E-state index in [1.165, 1.54) is 149 Å². The summed E-state index contributed by atoms with van der Waals surface area (Å²) in [6.45, 7) is 9.53. The molecule has 0 unspecified atom stereocenters. The molecule has 5 heteroatoms. The summed E-state index contributed by atoms with van der Waals surface area (Å²) in [4.78, 5) is 10.7. The summed E-state index contributed by atoms with van der Waals surface area (Å²) in [7, 11) is 0. The minimum Gasteiger partial charge on any atom is -0.313 e. The molecule has 97 heavy (non-hydrogen) atoms. The maximum Gasteiger partial charge on any atom is 0.160 e. The van der Waals surface area contributed by atoms with Crippen LogP contribution in [0.15, 0.2) is 279 Å². The highest BCUT2D eigenvalue weighted by Crippen LogP contribution is 2.54. The zero-order chi connectivity index (χ0) is 64.2. The summed E-state index contributed by atoms with van der Waals surface area (Å²) in [5, 5.41) is 8.67. The van der Waals surface area contributed by atoms with Crippen LogP contribution >= 0.6 is 0 Å². The Morgan fingerprint density at radius 3 is 1.44 bits per heavy atom. The molecule has 0 fully saturated rings. The Balaban J connectivity index is 0.691. The molecule has 0 amide bonds. The second-order valence-corrected chi connectivity index (χ2v) is 28.3. The summed E-state index contributed by atoms with van der Waals surface area (Å²) in [5.41, 5.74) is 35.3. The SMILES string of the molecule is CC1(C)c2ccccc2-c2ccc(-n3c4c(c5ccccc53)C=C(c3ccc5c(c3)c3cc(-c6ccc7c(c6)c6ccccc6n7-c6ccc(-c7nc(-c8ccccc8)nc8c7-c7cccc9cccc-8c79)cc6)ccc3n5-c3ccc5c(c3)C(C)(C)c3ccccc3-5)CC4)cc21. The number of rotatable bonds is 7. The lowest BCUT2D eigenvalue weighted by Crippen LogP contribution is -2.15. The van der Waals surface area contributed by atoms with Gasteiger partial charge in [0.15, 0.2) is 5.82 Å². The second-order valence-electron chi connectivity index (χ2n) is 28.3. The van der Waals surface area contributed by atoms with Gasteiger partial charge in [-0.3, -0.25) is 0 Å². The van der Waals surface area contributed by atoms with Gasteiger partial charge in [0.1, 0.15) is 0 Å². The fourth-order valence-corrected chi connectivity index (χ4v) is 17.9. The molecule has 0 N–H and O–H groups in total. The molecule has 5 nitrogen and oxygen atoms in total. The maximum atomic E-state index is 5.41. The van der Waals surface area contributed by atoms with Crippen molar-refractivity contribution in [3.63, 3.8) is 0 Å². The number of benzene rings is 13. The van der Waals surface area contributed by atoms with Gasteiger partial charge in [0.05, 0.1) is 39.0 Å². The third-order valence-electron chi connectivity index (χ3n) is 22.5. The lowest BCUT2D eigenvalue weighted by Gasteiger charge is -2.23. The summed E-state index contributed by atoms with van der Waals surface area (Å²) in [6, 6.07) is 104. The van der Waals surface area contributed by atoms with Crippen molar-refractivity contribution in [1.29, 1.82) is 0 Å². The first-order valence-corrected chi connectivity index (χ1v) is 34.2. The van der Waals surface area contributed by atoms with E-state index in [9.17, 15) is 0 Å². The van der Waals surface area contributed by atoms with Crippen molar-refractivity contribution in [2.75, 3.05) is 0 Å². The number of para-hydroxylation sites is 2. The molecule has 0 spiro atoms. The van der Waals surface area contributed by atoms with Crippen LogP contribution in [0.2, 0.25) is 0 Å². The normalized spacial score (nSPS) is 14.3. The molecule has 0 radical (unpaired) electrons. The predicted octanol–water partition coefficient (Wildman–Crippen LogP) is 23.5. The predicted molar refractivity (Wildman–Crippen MR) is 404 cm³/mol. The van der Waals surface area contributed by atoms with Crippen molar-refractivity contribution < 1.29 is 0 Å². The Morgan fingerprint density at radius 1 is 0.309 bits per heavy atom. The summed E-state index contributed by atoms with van der Waals surface area (Å²) in [6.07, 6.45) is 4.39. The summed E-state index contributed by atoms with van der Waals surface area (Å²) in [5.74, 6) is 0.727. The molecule has 17 aromatic rings. The van der Waals surface area contributed by atoms with E-state index in [0.717, 1.165) is 69.0 Å². The van der Waals surface area contributed by atoms with E-state index in [2.05, 4.69) is 320 Å². The van der Waals surface area contributed by atoms with E-state index in [1.54, 1.807) is 0 Å². The van der Waals surface area contributed by atoms with E-state index in [4.69, 9.17) is 9.97 Å². The third-order valence-corrected chi connectivity index (χ3v) is 22.5. The van der Waals surface area contributed by atoms with Gasteiger partial charge in [0.2, 0.25) is 0 Å². The van der Waals surface area contributed by atoms with E-state index in [0.29, 0.717) is 0 Å². The van der Waals surface area contributed by atoms with Crippen LogP contribution in [0.3, 0.4) is 0 Å². The Morgan fingerprint density at radius 2 is 0.784 bits per heavy atom. The maximum absolute atomic E-state index is 5.41. The number of hydrogen-bond acceptors (Lipinski definition) is 2. The first-order chi connectivity index (χ1) is 47.6. The zero-order valence-electron chi connectivity index (χ0n) is 54.3. The molecule has 13 aromatic carbocycles. The molecule has 4 aliphatic rings. The number of aromatic nitrogens is 5. The highest BCUT2D eigenvalue weighted by atomic mass is 15.0. The van der Waals surface area contributed by atoms with Gasteiger partial charge in [-0.1, -0.05) is 222 Å². The fourth-order valence-electron chi connectivity index (χ4n) is 17.9. The fraction of sp³-hybridized carbons (Fsp3) is 0.0870. The number of allylic oxidation sites excluding steroid dienone is 1. The molecule has 4 aliphatic carbocycles. The molecular formula is C92H63N5. The molecular weight excluding hydrogens is 1180 g/mol. The van der Waals surface area contributed by atoms with Gasteiger partial charge in [-0.25, -0.2) is 9.97 Å². The Bertz CT molecular complexity index is 6350. The Labute approximate surface area is 562 Å². The van der Waals surface area contributed by atoms with Crippen LogP contribution in [-0.2, 0) is 17.3 Å². The van der Waals surface area contributed by atoms with Gasteiger partial charge in [-0.2, -0.15) is 0 Å². The van der Waals surface area contributed by atoms with Crippen LogP contribution in [0.1, 0.15) is 73.2 Å². The minimum atomic E-state index is -0.140. The van der Waals surface area contributed by atoms with E-state index in [1.807, 2.05) is 6.07 Å². The first kappa shape index (κ1) is 54.5. The van der Waals surface area contributed by atoms with Crippen LogP contribution in [-0.4, -0.2) is 23.7 Å². The van der Waals surface area contributed by atoms with Crippen LogP contribution in [0.4, 0.5) is 0 Å². The molecule has 456 valence electrons. The smallest absolute Gasteiger partial charge is 0.160 e. The Kier molecular flexibility index (Phi) is 11.1. The molecule has 0 bridgehead atoms. The highest BCUT2D eigenvalue weighted by Gasteiger charge is 2.38. The molecule has 0 aliphatic heterocycles. The largest absolute Gasteiger partial charge is 0.313 e. The topological polar surface area (TPSA) is 40.6 Å².